The Bertz CT molecular complexity index is 536. The lowest BCUT2D eigenvalue weighted by Crippen LogP contribution is -2.22. The maximum absolute atomic E-state index is 5.14. The van der Waals surface area contributed by atoms with E-state index in [9.17, 15) is 0 Å². The van der Waals surface area contributed by atoms with E-state index in [0.29, 0.717) is 6.61 Å². The van der Waals surface area contributed by atoms with Crippen LogP contribution in [0.5, 0.6) is 0 Å². The molecule has 2 rings (SSSR count). The van der Waals surface area contributed by atoms with Crippen LogP contribution in [0.25, 0.3) is 5.69 Å². The van der Waals surface area contributed by atoms with Crippen molar-refractivity contribution in [2.75, 3.05) is 19.0 Å². The molecule has 0 amide bonds. The fraction of sp³-hybridized carbons (Fsp3) is 0.357. The standard InChI is InChI=1S/C14H18BrN3O/c1-10-8-18(13-6-4-12(15)5-7-13)14(16-10)17-11(2)9-19-3/h4-8,11H,9H2,1-3H3,(H,16,17). The largest absolute Gasteiger partial charge is 0.383 e. The highest BCUT2D eigenvalue weighted by Crippen LogP contribution is 2.19. The molecule has 0 aliphatic heterocycles. The van der Waals surface area contributed by atoms with Gasteiger partial charge >= 0.3 is 0 Å². The van der Waals surface area contributed by atoms with Crippen LogP contribution in [0.3, 0.4) is 0 Å². The molecule has 1 N–H and O–H groups in total. The van der Waals surface area contributed by atoms with Crippen molar-refractivity contribution in [3.05, 3.63) is 40.6 Å². The zero-order chi connectivity index (χ0) is 13.8. The van der Waals surface area contributed by atoms with Crippen LogP contribution in [0.2, 0.25) is 0 Å². The number of nitrogens with one attached hydrogen (secondary N) is 1. The summed E-state index contributed by atoms with van der Waals surface area (Å²) < 4.78 is 8.25. The van der Waals surface area contributed by atoms with Crippen molar-refractivity contribution in [1.82, 2.24) is 9.55 Å². The Kier molecular flexibility index (Phi) is 4.61. The highest BCUT2D eigenvalue weighted by Gasteiger charge is 2.10. The Morgan fingerprint density at radius 1 is 1.37 bits per heavy atom. The predicted molar refractivity (Wildman–Crippen MR) is 81.0 cm³/mol. The summed E-state index contributed by atoms with van der Waals surface area (Å²) in [6, 6.07) is 8.36. The van der Waals surface area contributed by atoms with Crippen LogP contribution in [-0.4, -0.2) is 29.3 Å². The molecule has 0 radical (unpaired) electrons. The van der Waals surface area contributed by atoms with E-state index in [4.69, 9.17) is 4.74 Å². The molecule has 1 unspecified atom stereocenters. The molecule has 0 aliphatic carbocycles. The molecular weight excluding hydrogens is 306 g/mol. The Hall–Kier alpha value is -1.33. The minimum absolute atomic E-state index is 0.209. The third-order valence-electron chi connectivity index (χ3n) is 2.72. The molecule has 0 fully saturated rings. The van der Waals surface area contributed by atoms with Gasteiger partial charge in [-0.15, -0.1) is 0 Å². The summed E-state index contributed by atoms with van der Waals surface area (Å²) >= 11 is 3.45. The SMILES string of the molecule is COCC(C)Nc1nc(C)cn1-c1ccc(Br)cc1. The van der Waals surface area contributed by atoms with Crippen LogP contribution in [0.15, 0.2) is 34.9 Å². The minimum Gasteiger partial charge on any atom is -0.383 e. The molecule has 1 aromatic heterocycles. The number of aromatic nitrogens is 2. The van der Waals surface area contributed by atoms with Crippen molar-refractivity contribution in [1.29, 1.82) is 0 Å². The highest BCUT2D eigenvalue weighted by molar-refractivity contribution is 9.10. The Labute approximate surface area is 121 Å². The number of aryl methyl sites for hydroxylation is 1. The zero-order valence-corrected chi connectivity index (χ0v) is 12.9. The monoisotopic (exact) mass is 323 g/mol. The molecule has 4 nitrogen and oxygen atoms in total. The zero-order valence-electron chi connectivity index (χ0n) is 11.4. The number of nitrogens with zero attached hydrogens (tertiary/aromatic N) is 2. The second kappa shape index (κ2) is 6.21. The van der Waals surface area contributed by atoms with Gasteiger partial charge < -0.3 is 10.1 Å². The summed E-state index contributed by atoms with van der Waals surface area (Å²) in [4.78, 5) is 4.52. The normalized spacial score (nSPS) is 12.4. The molecule has 2 aromatic rings. The number of anilines is 1. The molecule has 0 saturated heterocycles. The molecule has 0 saturated carbocycles. The third-order valence-corrected chi connectivity index (χ3v) is 3.25. The molecule has 102 valence electrons. The van der Waals surface area contributed by atoms with Gasteiger partial charge in [0.25, 0.3) is 0 Å². The van der Waals surface area contributed by atoms with E-state index in [0.717, 1.165) is 21.8 Å². The van der Waals surface area contributed by atoms with Gasteiger partial charge in [-0.2, -0.15) is 0 Å². The first-order valence-corrected chi connectivity index (χ1v) is 6.97. The second-order valence-electron chi connectivity index (χ2n) is 4.55. The predicted octanol–water partition coefficient (Wildman–Crippen LogP) is 3.39. The molecule has 19 heavy (non-hydrogen) atoms. The molecule has 0 bridgehead atoms. The first kappa shape index (κ1) is 14.1. The molecule has 0 aliphatic rings. The first-order chi connectivity index (χ1) is 9.10. The second-order valence-corrected chi connectivity index (χ2v) is 5.47. The number of hydrogen-bond donors (Lipinski definition) is 1. The maximum Gasteiger partial charge on any atom is 0.208 e. The van der Waals surface area contributed by atoms with Crippen LogP contribution >= 0.6 is 15.9 Å². The summed E-state index contributed by atoms with van der Waals surface area (Å²) in [6.45, 7) is 4.70. The van der Waals surface area contributed by atoms with Gasteiger partial charge in [-0.1, -0.05) is 15.9 Å². The van der Waals surface area contributed by atoms with Gasteiger partial charge in [0, 0.05) is 29.5 Å². The highest BCUT2D eigenvalue weighted by atomic mass is 79.9. The lowest BCUT2D eigenvalue weighted by molar-refractivity contribution is 0.190. The fourth-order valence-corrected chi connectivity index (χ4v) is 2.17. The number of methoxy groups -OCH3 is 1. The number of rotatable bonds is 5. The van der Waals surface area contributed by atoms with Gasteiger partial charge in [-0.25, -0.2) is 4.98 Å². The van der Waals surface area contributed by atoms with Gasteiger partial charge in [0.1, 0.15) is 0 Å². The van der Waals surface area contributed by atoms with E-state index < -0.39 is 0 Å². The smallest absolute Gasteiger partial charge is 0.208 e. The molecule has 5 heteroatoms. The third kappa shape index (κ3) is 3.58. The maximum atomic E-state index is 5.14. The summed E-state index contributed by atoms with van der Waals surface area (Å²) in [5, 5.41) is 3.36. The molecule has 0 spiro atoms. The lowest BCUT2D eigenvalue weighted by Gasteiger charge is -2.15. The Morgan fingerprint density at radius 2 is 2.05 bits per heavy atom. The first-order valence-electron chi connectivity index (χ1n) is 6.17. The Balaban J connectivity index is 2.27. The van der Waals surface area contributed by atoms with E-state index in [1.807, 2.05) is 29.8 Å². The average Bonchev–Trinajstić information content (AvgIpc) is 2.71. The number of ether oxygens (including phenoxy) is 1. The van der Waals surface area contributed by atoms with Crippen LogP contribution in [-0.2, 0) is 4.74 Å². The summed E-state index contributed by atoms with van der Waals surface area (Å²) in [5.41, 5.74) is 2.06. The summed E-state index contributed by atoms with van der Waals surface area (Å²) in [6.07, 6.45) is 2.02. The summed E-state index contributed by atoms with van der Waals surface area (Å²) in [5.74, 6) is 0.837. The van der Waals surface area contributed by atoms with Crippen molar-refractivity contribution < 1.29 is 4.74 Å². The van der Waals surface area contributed by atoms with Crippen molar-refractivity contribution in [2.24, 2.45) is 0 Å². The fourth-order valence-electron chi connectivity index (χ4n) is 1.91. The van der Waals surface area contributed by atoms with Gasteiger partial charge in [0.15, 0.2) is 0 Å². The van der Waals surface area contributed by atoms with Crippen molar-refractivity contribution >= 4 is 21.9 Å². The van der Waals surface area contributed by atoms with Crippen LogP contribution in [0, 0.1) is 6.92 Å². The van der Waals surface area contributed by atoms with Crippen LogP contribution in [0.4, 0.5) is 5.95 Å². The van der Waals surface area contributed by atoms with Gasteiger partial charge in [-0.05, 0) is 38.1 Å². The van der Waals surface area contributed by atoms with E-state index in [2.05, 4.69) is 45.3 Å². The molecule has 1 heterocycles. The van der Waals surface area contributed by atoms with Crippen molar-refractivity contribution in [3.63, 3.8) is 0 Å². The van der Waals surface area contributed by atoms with Crippen molar-refractivity contribution in [3.8, 4) is 5.69 Å². The van der Waals surface area contributed by atoms with E-state index in [1.54, 1.807) is 7.11 Å². The van der Waals surface area contributed by atoms with Crippen LogP contribution in [0.1, 0.15) is 12.6 Å². The number of hydrogen-bond acceptors (Lipinski definition) is 3. The lowest BCUT2D eigenvalue weighted by atomic mass is 10.3. The molecule has 1 atom stereocenters. The van der Waals surface area contributed by atoms with E-state index in [1.165, 1.54) is 0 Å². The molecular formula is C14H18BrN3O. The van der Waals surface area contributed by atoms with E-state index >= 15 is 0 Å². The quantitative estimate of drug-likeness (QED) is 0.916. The minimum atomic E-state index is 0.209. The summed E-state index contributed by atoms with van der Waals surface area (Å²) in [7, 11) is 1.70. The Morgan fingerprint density at radius 3 is 2.68 bits per heavy atom. The number of halogens is 1. The van der Waals surface area contributed by atoms with Crippen LogP contribution < -0.4 is 5.32 Å². The van der Waals surface area contributed by atoms with E-state index in [-0.39, 0.29) is 6.04 Å². The van der Waals surface area contributed by atoms with Gasteiger partial charge in [0.2, 0.25) is 5.95 Å². The molecule has 1 aromatic carbocycles. The average molecular weight is 324 g/mol. The van der Waals surface area contributed by atoms with Crippen molar-refractivity contribution in [2.45, 2.75) is 19.9 Å². The number of benzene rings is 1. The number of imidazole rings is 1. The van der Waals surface area contributed by atoms with Gasteiger partial charge in [0.05, 0.1) is 12.3 Å². The van der Waals surface area contributed by atoms with Gasteiger partial charge in [-0.3, -0.25) is 4.57 Å². The topological polar surface area (TPSA) is 39.1 Å².